The molecule has 1 atom stereocenters. The molecule has 2 rings (SSSR count). The minimum absolute atomic E-state index is 0.362. The van der Waals surface area contributed by atoms with E-state index in [4.69, 9.17) is 17.0 Å². The Balaban J connectivity index is 2.00. The molecule has 0 aliphatic heterocycles. The average molecular weight is 359 g/mol. The van der Waals surface area contributed by atoms with Gasteiger partial charge < -0.3 is 20.3 Å². The molecule has 2 aromatic carbocycles. The number of methoxy groups -OCH3 is 1. The summed E-state index contributed by atoms with van der Waals surface area (Å²) in [6, 6.07) is 18.7. The molecule has 0 aliphatic carbocycles. The molecule has 0 fully saturated rings. The number of hydrogen-bond acceptors (Lipinski definition) is 2. The summed E-state index contributed by atoms with van der Waals surface area (Å²) in [7, 11) is 1.66. The molecular formula is C20H28N3OS+. The maximum Gasteiger partial charge on any atom is 0.171 e. The Kier molecular flexibility index (Phi) is 7.70. The second-order valence-electron chi connectivity index (χ2n) is 5.90. The molecule has 4 nitrogen and oxygen atoms in total. The van der Waals surface area contributed by atoms with Crippen molar-refractivity contribution < 1.29 is 9.64 Å². The number of benzene rings is 2. The molecule has 0 aromatic heterocycles. The van der Waals surface area contributed by atoms with E-state index in [1.54, 1.807) is 7.11 Å². The van der Waals surface area contributed by atoms with Crippen LogP contribution in [0.4, 0.5) is 5.69 Å². The lowest BCUT2D eigenvalue weighted by Crippen LogP contribution is -3.12. The smallest absolute Gasteiger partial charge is 0.171 e. The molecular weight excluding hydrogens is 330 g/mol. The Morgan fingerprint density at radius 3 is 2.44 bits per heavy atom. The van der Waals surface area contributed by atoms with Gasteiger partial charge in [-0.3, -0.25) is 0 Å². The second-order valence-corrected chi connectivity index (χ2v) is 6.30. The summed E-state index contributed by atoms with van der Waals surface area (Å²) in [5.41, 5.74) is 2.25. The maximum atomic E-state index is 5.47. The van der Waals surface area contributed by atoms with Crippen LogP contribution in [0.15, 0.2) is 54.6 Å². The molecule has 2 aromatic rings. The highest BCUT2D eigenvalue weighted by atomic mass is 32.1. The van der Waals surface area contributed by atoms with Gasteiger partial charge in [0, 0.05) is 17.3 Å². The van der Waals surface area contributed by atoms with Crippen LogP contribution in [0.3, 0.4) is 0 Å². The molecule has 0 saturated heterocycles. The van der Waals surface area contributed by atoms with Crippen LogP contribution in [-0.2, 0) is 0 Å². The van der Waals surface area contributed by atoms with Crippen LogP contribution in [0.2, 0.25) is 0 Å². The predicted octanol–water partition coefficient (Wildman–Crippen LogP) is 2.65. The Morgan fingerprint density at radius 2 is 1.80 bits per heavy atom. The number of thiocarbonyl (C=S) groups is 1. The quantitative estimate of drug-likeness (QED) is 0.634. The molecule has 3 N–H and O–H groups in total. The first-order valence-electron chi connectivity index (χ1n) is 8.76. The van der Waals surface area contributed by atoms with Crippen LogP contribution in [0, 0.1) is 0 Å². The van der Waals surface area contributed by atoms with Crippen LogP contribution in [0.1, 0.15) is 25.5 Å². The molecule has 0 bridgehead atoms. The standard InChI is InChI=1S/C20H27N3OS/c1-4-23(5-2)19(16-10-7-6-8-11-16)15-21-20(25)22-17-12-9-13-18(14-17)24-3/h6-14,19H,4-5,15H2,1-3H3,(H2,21,22,25)/p+1/t19-/m0/s1. The predicted molar refractivity (Wildman–Crippen MR) is 108 cm³/mol. The molecule has 0 saturated carbocycles. The Morgan fingerprint density at radius 1 is 1.08 bits per heavy atom. The first kappa shape index (κ1) is 19.2. The minimum Gasteiger partial charge on any atom is -0.497 e. The maximum absolute atomic E-state index is 5.47. The first-order chi connectivity index (χ1) is 12.2. The van der Waals surface area contributed by atoms with Gasteiger partial charge in [-0.05, 0) is 38.2 Å². The van der Waals surface area contributed by atoms with Crippen LogP contribution in [0.5, 0.6) is 5.75 Å². The Bertz CT molecular complexity index is 659. The number of anilines is 1. The highest BCUT2D eigenvalue weighted by molar-refractivity contribution is 7.80. The molecule has 0 heterocycles. The summed E-state index contributed by atoms with van der Waals surface area (Å²) in [5.74, 6) is 0.808. The molecule has 0 aliphatic rings. The summed E-state index contributed by atoms with van der Waals surface area (Å²) in [5, 5.41) is 7.23. The second kappa shape index (κ2) is 10.0. The average Bonchev–Trinajstić information content (AvgIpc) is 2.66. The zero-order chi connectivity index (χ0) is 18.1. The van der Waals surface area contributed by atoms with Gasteiger partial charge in [-0.1, -0.05) is 36.4 Å². The van der Waals surface area contributed by atoms with Crippen LogP contribution in [0.25, 0.3) is 0 Å². The van der Waals surface area contributed by atoms with Crippen molar-refractivity contribution >= 4 is 23.0 Å². The summed E-state index contributed by atoms with van der Waals surface area (Å²) < 4.78 is 5.25. The van der Waals surface area contributed by atoms with Crippen molar-refractivity contribution in [2.24, 2.45) is 0 Å². The first-order valence-corrected chi connectivity index (χ1v) is 9.17. The van der Waals surface area contributed by atoms with Crippen molar-refractivity contribution in [1.82, 2.24) is 5.32 Å². The summed E-state index contributed by atoms with van der Waals surface area (Å²) in [6.45, 7) is 7.39. The van der Waals surface area contributed by atoms with Gasteiger partial charge in [0.25, 0.3) is 0 Å². The normalized spacial score (nSPS) is 11.8. The van der Waals surface area contributed by atoms with Gasteiger partial charge >= 0.3 is 0 Å². The summed E-state index contributed by atoms with van der Waals surface area (Å²) in [4.78, 5) is 1.53. The van der Waals surface area contributed by atoms with Crippen molar-refractivity contribution in [2.45, 2.75) is 19.9 Å². The molecule has 0 spiro atoms. The lowest BCUT2D eigenvalue weighted by atomic mass is 10.1. The minimum atomic E-state index is 0.362. The van der Waals surface area contributed by atoms with Gasteiger partial charge in [-0.25, -0.2) is 0 Å². The van der Waals surface area contributed by atoms with Gasteiger partial charge in [0.2, 0.25) is 0 Å². The van der Waals surface area contributed by atoms with Gasteiger partial charge in [-0.2, -0.15) is 0 Å². The van der Waals surface area contributed by atoms with E-state index in [0.29, 0.717) is 11.2 Å². The number of rotatable bonds is 8. The van der Waals surface area contributed by atoms with Crippen molar-refractivity contribution in [3.63, 3.8) is 0 Å². The van der Waals surface area contributed by atoms with E-state index in [0.717, 1.165) is 31.1 Å². The zero-order valence-electron chi connectivity index (χ0n) is 15.2. The van der Waals surface area contributed by atoms with E-state index in [2.05, 4.69) is 54.8 Å². The van der Waals surface area contributed by atoms with Crippen molar-refractivity contribution in [1.29, 1.82) is 0 Å². The third kappa shape index (κ3) is 5.73. The fraction of sp³-hybridized carbons (Fsp3) is 0.350. The molecule has 0 radical (unpaired) electrons. The lowest BCUT2D eigenvalue weighted by molar-refractivity contribution is -0.927. The highest BCUT2D eigenvalue weighted by Crippen LogP contribution is 2.16. The fourth-order valence-electron chi connectivity index (χ4n) is 3.00. The van der Waals surface area contributed by atoms with Crippen molar-refractivity contribution in [3.05, 3.63) is 60.2 Å². The number of hydrogen-bond donors (Lipinski definition) is 3. The monoisotopic (exact) mass is 358 g/mol. The Hall–Kier alpha value is -2.11. The zero-order valence-corrected chi connectivity index (χ0v) is 16.0. The van der Waals surface area contributed by atoms with Crippen molar-refractivity contribution in [3.8, 4) is 5.75 Å². The van der Waals surface area contributed by atoms with Crippen LogP contribution >= 0.6 is 12.2 Å². The van der Waals surface area contributed by atoms with E-state index in [-0.39, 0.29) is 0 Å². The van der Waals surface area contributed by atoms with Crippen LogP contribution in [-0.4, -0.2) is 31.9 Å². The van der Waals surface area contributed by atoms with E-state index in [1.807, 2.05) is 24.3 Å². The van der Waals surface area contributed by atoms with Crippen molar-refractivity contribution in [2.75, 3.05) is 32.1 Å². The van der Waals surface area contributed by atoms with E-state index in [9.17, 15) is 0 Å². The number of ether oxygens (including phenoxy) is 1. The number of likely N-dealkylation sites (N-methyl/N-ethyl adjacent to an activating group) is 1. The van der Waals surface area contributed by atoms with Gasteiger partial charge in [-0.15, -0.1) is 0 Å². The molecule has 0 unspecified atom stereocenters. The molecule has 0 amide bonds. The highest BCUT2D eigenvalue weighted by Gasteiger charge is 2.21. The largest absolute Gasteiger partial charge is 0.497 e. The van der Waals surface area contributed by atoms with Gasteiger partial charge in [0.1, 0.15) is 11.8 Å². The van der Waals surface area contributed by atoms with Gasteiger partial charge in [0.05, 0.1) is 26.7 Å². The van der Waals surface area contributed by atoms with Gasteiger partial charge in [0.15, 0.2) is 5.11 Å². The summed E-state index contributed by atoms with van der Waals surface area (Å²) in [6.07, 6.45) is 0. The number of nitrogens with one attached hydrogen (secondary N) is 3. The third-order valence-corrected chi connectivity index (χ3v) is 4.64. The SMILES string of the molecule is CC[NH+](CC)[C@@H](CNC(=S)Nc1cccc(OC)c1)c1ccccc1. The van der Waals surface area contributed by atoms with E-state index in [1.165, 1.54) is 10.5 Å². The molecule has 25 heavy (non-hydrogen) atoms. The lowest BCUT2D eigenvalue weighted by Gasteiger charge is -2.27. The Labute approximate surface area is 156 Å². The summed E-state index contributed by atoms with van der Waals surface area (Å²) >= 11 is 5.47. The molecule has 134 valence electrons. The number of quaternary nitrogens is 1. The topological polar surface area (TPSA) is 37.7 Å². The van der Waals surface area contributed by atoms with E-state index >= 15 is 0 Å². The fourth-order valence-corrected chi connectivity index (χ4v) is 3.20. The molecule has 5 heteroatoms. The van der Waals surface area contributed by atoms with E-state index < -0.39 is 0 Å². The van der Waals surface area contributed by atoms with Crippen LogP contribution < -0.4 is 20.3 Å². The third-order valence-electron chi connectivity index (χ3n) is 4.40.